The Morgan fingerprint density at radius 2 is 2.19 bits per heavy atom. The van der Waals surface area contributed by atoms with Crippen LogP contribution in [0.3, 0.4) is 0 Å². The first-order valence-corrected chi connectivity index (χ1v) is 5.63. The Morgan fingerprint density at radius 3 is 2.75 bits per heavy atom. The fourth-order valence-corrected chi connectivity index (χ4v) is 1.48. The molecule has 6 nitrogen and oxygen atoms in total. The number of hydrazine groups is 1. The quantitative estimate of drug-likeness (QED) is 0.410. The van der Waals surface area contributed by atoms with Crippen LogP contribution in [-0.4, -0.2) is 20.7 Å². The van der Waals surface area contributed by atoms with Gasteiger partial charge in [-0.2, -0.15) is 5.10 Å². The molecule has 1 aromatic heterocycles. The molecule has 16 heavy (non-hydrogen) atoms. The van der Waals surface area contributed by atoms with Gasteiger partial charge in [0.2, 0.25) is 5.91 Å². The molecule has 0 atom stereocenters. The standard InChI is InChI=1S/C10H19N5O/c1-3-8-12-9(4-2)15(14-8)7-5-6-10(16)13-11/h3-7,11H2,1-2H3,(H,13,16). The second kappa shape index (κ2) is 6.22. The van der Waals surface area contributed by atoms with Crippen LogP contribution in [0.15, 0.2) is 0 Å². The van der Waals surface area contributed by atoms with Crippen molar-refractivity contribution < 1.29 is 4.79 Å². The van der Waals surface area contributed by atoms with Crippen LogP contribution in [0.5, 0.6) is 0 Å². The Labute approximate surface area is 95.2 Å². The van der Waals surface area contributed by atoms with Crippen LogP contribution in [-0.2, 0) is 24.2 Å². The highest BCUT2D eigenvalue weighted by Crippen LogP contribution is 2.03. The zero-order valence-electron chi connectivity index (χ0n) is 9.86. The van der Waals surface area contributed by atoms with Crippen molar-refractivity contribution in [1.82, 2.24) is 20.2 Å². The van der Waals surface area contributed by atoms with Crippen LogP contribution >= 0.6 is 0 Å². The van der Waals surface area contributed by atoms with E-state index < -0.39 is 0 Å². The van der Waals surface area contributed by atoms with E-state index in [1.54, 1.807) is 0 Å². The van der Waals surface area contributed by atoms with Crippen LogP contribution < -0.4 is 11.3 Å². The van der Waals surface area contributed by atoms with Crippen molar-refractivity contribution in [3.63, 3.8) is 0 Å². The van der Waals surface area contributed by atoms with Gasteiger partial charge in [-0.25, -0.2) is 15.5 Å². The number of aryl methyl sites for hydroxylation is 3. The summed E-state index contributed by atoms with van der Waals surface area (Å²) < 4.78 is 1.88. The number of carbonyl (C=O) groups excluding carboxylic acids is 1. The third-order valence-corrected chi connectivity index (χ3v) is 2.36. The minimum Gasteiger partial charge on any atom is -0.294 e. The molecule has 3 N–H and O–H groups in total. The summed E-state index contributed by atoms with van der Waals surface area (Å²) in [6.45, 7) is 4.79. The average molecular weight is 225 g/mol. The van der Waals surface area contributed by atoms with E-state index in [-0.39, 0.29) is 5.91 Å². The summed E-state index contributed by atoms with van der Waals surface area (Å²) in [7, 11) is 0. The average Bonchev–Trinajstić information content (AvgIpc) is 2.71. The lowest BCUT2D eigenvalue weighted by atomic mass is 10.3. The number of rotatable bonds is 6. The van der Waals surface area contributed by atoms with Gasteiger partial charge in [-0.15, -0.1) is 0 Å². The predicted octanol–water partition coefficient (Wildman–Crippen LogP) is 0.173. The molecule has 1 rings (SSSR count). The lowest BCUT2D eigenvalue weighted by Gasteiger charge is -2.03. The van der Waals surface area contributed by atoms with E-state index in [4.69, 9.17) is 5.84 Å². The summed E-state index contributed by atoms with van der Waals surface area (Å²) >= 11 is 0. The maximum Gasteiger partial charge on any atom is 0.233 e. The Morgan fingerprint density at radius 1 is 1.44 bits per heavy atom. The zero-order valence-corrected chi connectivity index (χ0v) is 9.86. The topological polar surface area (TPSA) is 85.8 Å². The van der Waals surface area contributed by atoms with Gasteiger partial charge in [0.25, 0.3) is 0 Å². The Bertz CT molecular complexity index is 347. The summed E-state index contributed by atoms with van der Waals surface area (Å²) in [5.74, 6) is 6.69. The predicted molar refractivity (Wildman–Crippen MR) is 60.3 cm³/mol. The molecule has 0 aromatic carbocycles. The number of hydrogen-bond donors (Lipinski definition) is 2. The number of nitrogens with zero attached hydrogens (tertiary/aromatic N) is 3. The van der Waals surface area contributed by atoms with Crippen LogP contribution in [0, 0.1) is 0 Å². The van der Waals surface area contributed by atoms with Gasteiger partial charge in [-0.1, -0.05) is 13.8 Å². The van der Waals surface area contributed by atoms with Gasteiger partial charge in [0.15, 0.2) is 5.82 Å². The number of carbonyl (C=O) groups is 1. The van der Waals surface area contributed by atoms with Gasteiger partial charge in [-0.3, -0.25) is 10.2 Å². The largest absolute Gasteiger partial charge is 0.294 e. The summed E-state index contributed by atoms with van der Waals surface area (Å²) in [5, 5.41) is 4.36. The lowest BCUT2D eigenvalue weighted by Crippen LogP contribution is -2.29. The number of nitrogens with one attached hydrogen (secondary N) is 1. The zero-order chi connectivity index (χ0) is 12.0. The first-order chi connectivity index (χ1) is 7.71. The molecule has 0 fully saturated rings. The maximum absolute atomic E-state index is 10.9. The molecule has 0 bridgehead atoms. The molecule has 6 heteroatoms. The van der Waals surface area contributed by atoms with Gasteiger partial charge >= 0.3 is 0 Å². The summed E-state index contributed by atoms with van der Waals surface area (Å²) in [5.41, 5.74) is 2.11. The van der Waals surface area contributed by atoms with Crippen molar-refractivity contribution in [3.8, 4) is 0 Å². The maximum atomic E-state index is 10.9. The smallest absolute Gasteiger partial charge is 0.233 e. The fourth-order valence-electron chi connectivity index (χ4n) is 1.48. The third-order valence-electron chi connectivity index (χ3n) is 2.36. The SMILES string of the molecule is CCc1nc(CC)n(CCCC(=O)NN)n1. The van der Waals surface area contributed by atoms with Crippen LogP contribution in [0.25, 0.3) is 0 Å². The normalized spacial score (nSPS) is 10.4. The molecule has 0 aliphatic heterocycles. The first kappa shape index (κ1) is 12.6. The molecule has 0 unspecified atom stereocenters. The van der Waals surface area contributed by atoms with E-state index in [0.29, 0.717) is 13.0 Å². The fraction of sp³-hybridized carbons (Fsp3) is 0.700. The number of hydrogen-bond acceptors (Lipinski definition) is 4. The van der Waals surface area contributed by atoms with E-state index in [0.717, 1.165) is 30.9 Å². The molecular weight excluding hydrogens is 206 g/mol. The summed E-state index contributed by atoms with van der Waals surface area (Å²) in [6, 6.07) is 0. The Kier molecular flexibility index (Phi) is 4.91. The third kappa shape index (κ3) is 3.30. The number of aromatic nitrogens is 3. The second-order valence-corrected chi connectivity index (χ2v) is 3.55. The van der Waals surface area contributed by atoms with E-state index >= 15 is 0 Å². The van der Waals surface area contributed by atoms with Gasteiger partial charge in [0, 0.05) is 25.8 Å². The van der Waals surface area contributed by atoms with E-state index in [9.17, 15) is 4.79 Å². The Hall–Kier alpha value is -1.43. The highest BCUT2D eigenvalue weighted by atomic mass is 16.2. The van der Waals surface area contributed by atoms with Crippen molar-refractivity contribution in [2.75, 3.05) is 0 Å². The van der Waals surface area contributed by atoms with Gasteiger partial charge in [-0.05, 0) is 6.42 Å². The molecule has 0 spiro atoms. The molecular formula is C10H19N5O. The lowest BCUT2D eigenvalue weighted by molar-refractivity contribution is -0.121. The van der Waals surface area contributed by atoms with Crippen LogP contribution in [0.4, 0.5) is 0 Å². The van der Waals surface area contributed by atoms with Crippen molar-refractivity contribution >= 4 is 5.91 Å². The summed E-state index contributed by atoms with van der Waals surface area (Å²) in [4.78, 5) is 15.3. The van der Waals surface area contributed by atoms with Crippen LogP contribution in [0.1, 0.15) is 38.3 Å². The number of amides is 1. The second-order valence-electron chi connectivity index (χ2n) is 3.55. The molecule has 0 saturated carbocycles. The molecule has 1 heterocycles. The molecule has 0 radical (unpaired) electrons. The monoisotopic (exact) mass is 225 g/mol. The van der Waals surface area contributed by atoms with Crippen molar-refractivity contribution in [3.05, 3.63) is 11.6 Å². The van der Waals surface area contributed by atoms with Gasteiger partial charge in [0.05, 0.1) is 0 Å². The molecule has 0 aliphatic rings. The summed E-state index contributed by atoms with van der Waals surface area (Å²) in [6.07, 6.45) is 2.84. The van der Waals surface area contributed by atoms with E-state index in [1.807, 2.05) is 18.5 Å². The van der Waals surface area contributed by atoms with Crippen molar-refractivity contribution in [2.24, 2.45) is 5.84 Å². The molecule has 0 saturated heterocycles. The first-order valence-electron chi connectivity index (χ1n) is 5.63. The number of nitrogens with two attached hydrogens (primary N) is 1. The molecule has 1 aromatic rings. The minimum atomic E-state index is -0.145. The highest BCUT2D eigenvalue weighted by Gasteiger charge is 2.07. The van der Waals surface area contributed by atoms with E-state index in [2.05, 4.69) is 15.5 Å². The molecule has 1 amide bonds. The highest BCUT2D eigenvalue weighted by molar-refractivity contribution is 5.74. The Balaban J connectivity index is 2.52. The van der Waals surface area contributed by atoms with Crippen molar-refractivity contribution in [2.45, 2.75) is 46.1 Å². The van der Waals surface area contributed by atoms with Crippen LogP contribution in [0.2, 0.25) is 0 Å². The minimum absolute atomic E-state index is 0.145. The molecule has 90 valence electrons. The van der Waals surface area contributed by atoms with Crippen molar-refractivity contribution in [1.29, 1.82) is 0 Å². The van der Waals surface area contributed by atoms with Gasteiger partial charge in [0.1, 0.15) is 5.82 Å². The van der Waals surface area contributed by atoms with Gasteiger partial charge < -0.3 is 0 Å². The molecule has 0 aliphatic carbocycles. The van der Waals surface area contributed by atoms with E-state index in [1.165, 1.54) is 0 Å².